The second-order valence-electron chi connectivity index (χ2n) is 9.61. The summed E-state index contributed by atoms with van der Waals surface area (Å²) in [6.07, 6.45) is 3.98. The maximum Gasteiger partial charge on any atom is 0.237 e. The van der Waals surface area contributed by atoms with Crippen molar-refractivity contribution in [2.75, 3.05) is 13.1 Å². The number of halogens is 1. The van der Waals surface area contributed by atoms with Crippen molar-refractivity contribution in [1.82, 2.24) is 15.5 Å². The van der Waals surface area contributed by atoms with Crippen LogP contribution in [-0.4, -0.2) is 47.6 Å². The number of nitrogens with one attached hydrogen (secondary N) is 2. The first-order valence-corrected chi connectivity index (χ1v) is 11.3. The monoisotopic (exact) mass is 426 g/mol. The molecule has 2 bridgehead atoms. The van der Waals surface area contributed by atoms with Gasteiger partial charge in [-0.25, -0.2) is 4.39 Å². The van der Waals surface area contributed by atoms with E-state index in [-0.39, 0.29) is 42.3 Å². The second kappa shape index (κ2) is 8.58. The Labute approximate surface area is 183 Å². The van der Waals surface area contributed by atoms with Gasteiger partial charge < -0.3 is 15.5 Å². The van der Waals surface area contributed by atoms with Crippen molar-refractivity contribution in [2.24, 2.45) is 5.41 Å². The molecule has 166 valence electrons. The minimum Gasteiger partial charge on any atom is -0.352 e. The Bertz CT molecular complexity index is 854. The van der Waals surface area contributed by atoms with Gasteiger partial charge in [0.15, 0.2) is 0 Å². The van der Waals surface area contributed by atoms with E-state index >= 15 is 0 Å². The van der Waals surface area contributed by atoms with Gasteiger partial charge in [0.1, 0.15) is 12.2 Å². The van der Waals surface area contributed by atoms with Crippen LogP contribution in [0.5, 0.6) is 0 Å². The van der Waals surface area contributed by atoms with Crippen LogP contribution in [-0.2, 0) is 16.1 Å². The van der Waals surface area contributed by atoms with Gasteiger partial charge in [-0.1, -0.05) is 29.8 Å². The Morgan fingerprint density at radius 1 is 1.16 bits per heavy atom. The highest BCUT2D eigenvalue weighted by molar-refractivity contribution is 5.83. The van der Waals surface area contributed by atoms with Crippen molar-refractivity contribution in [3.8, 4) is 6.07 Å². The van der Waals surface area contributed by atoms with Gasteiger partial charge in [0.2, 0.25) is 11.8 Å². The zero-order chi connectivity index (χ0) is 22.1. The summed E-state index contributed by atoms with van der Waals surface area (Å²) in [7, 11) is 0. The number of aryl methyl sites for hydroxylation is 1. The topological polar surface area (TPSA) is 85.2 Å². The summed E-state index contributed by atoms with van der Waals surface area (Å²) in [4.78, 5) is 26.9. The fourth-order valence-corrected chi connectivity index (χ4v) is 5.41. The van der Waals surface area contributed by atoms with Gasteiger partial charge in [0.25, 0.3) is 0 Å². The molecule has 2 N–H and O–H groups in total. The fourth-order valence-electron chi connectivity index (χ4n) is 5.41. The number of hydrogen-bond donors (Lipinski definition) is 2. The molecule has 2 amide bonds. The molecule has 3 aliphatic carbocycles. The van der Waals surface area contributed by atoms with Crippen molar-refractivity contribution in [3.05, 3.63) is 35.4 Å². The molecule has 7 heteroatoms. The van der Waals surface area contributed by atoms with E-state index in [1.54, 1.807) is 0 Å². The van der Waals surface area contributed by atoms with E-state index in [9.17, 15) is 14.0 Å². The molecule has 6 nitrogen and oxygen atoms in total. The third kappa shape index (κ3) is 4.45. The van der Waals surface area contributed by atoms with Gasteiger partial charge in [-0.2, -0.15) is 5.26 Å². The summed E-state index contributed by atoms with van der Waals surface area (Å²) in [5.74, 6) is -0.0697. The van der Waals surface area contributed by atoms with Gasteiger partial charge in [-0.3, -0.25) is 9.59 Å². The molecular weight excluding hydrogens is 395 g/mol. The largest absolute Gasteiger partial charge is 0.352 e. The van der Waals surface area contributed by atoms with Crippen LogP contribution < -0.4 is 10.6 Å². The van der Waals surface area contributed by atoms with E-state index in [2.05, 4.69) is 22.8 Å². The minimum atomic E-state index is -1.12. The predicted molar refractivity (Wildman–Crippen MR) is 115 cm³/mol. The zero-order valence-electron chi connectivity index (χ0n) is 18.1. The molecule has 4 fully saturated rings. The number of nitriles is 1. The lowest BCUT2D eigenvalue weighted by Gasteiger charge is -2.53. The van der Waals surface area contributed by atoms with Crippen LogP contribution in [0.15, 0.2) is 24.3 Å². The van der Waals surface area contributed by atoms with Crippen LogP contribution in [0.1, 0.15) is 56.1 Å². The smallest absolute Gasteiger partial charge is 0.237 e. The standard InChI is InChI=1S/C24H31FN4O2/c1-17-2-4-18(5-3-17)14-27-22(31)23-6-9-24(10-7-23,11-8-23)28-15-21(30)29-16-19(25)12-20(29)13-26/h2-5,19-20,28H,6-12,14-16H2,1H3,(H,27,31). The van der Waals surface area contributed by atoms with Crippen molar-refractivity contribution in [3.63, 3.8) is 0 Å². The molecule has 1 aromatic carbocycles. The van der Waals surface area contributed by atoms with E-state index in [0.717, 1.165) is 44.1 Å². The SMILES string of the molecule is Cc1ccc(CNC(=O)C23CCC(NCC(=O)N4CC(F)CC4C#N)(CC2)CC3)cc1. The molecule has 1 saturated heterocycles. The highest BCUT2D eigenvalue weighted by atomic mass is 19.1. The molecule has 1 aromatic rings. The van der Waals surface area contributed by atoms with Crippen LogP contribution in [0.4, 0.5) is 4.39 Å². The van der Waals surface area contributed by atoms with Crippen molar-refractivity contribution < 1.29 is 14.0 Å². The first-order chi connectivity index (χ1) is 14.8. The number of nitrogens with zero attached hydrogens (tertiary/aromatic N) is 2. The van der Waals surface area contributed by atoms with Gasteiger partial charge in [-0.05, 0) is 51.0 Å². The first-order valence-electron chi connectivity index (χ1n) is 11.3. The molecule has 4 aliphatic rings. The Kier molecular flexibility index (Phi) is 6.02. The van der Waals surface area contributed by atoms with E-state index in [0.29, 0.717) is 6.54 Å². The normalized spacial score (nSPS) is 32.0. The number of rotatable bonds is 6. The van der Waals surface area contributed by atoms with Gasteiger partial charge in [0.05, 0.1) is 19.2 Å². The molecule has 2 unspecified atom stereocenters. The molecule has 1 aliphatic heterocycles. The summed E-state index contributed by atoms with van der Waals surface area (Å²) in [5, 5.41) is 15.7. The maximum absolute atomic E-state index is 13.6. The van der Waals surface area contributed by atoms with E-state index in [1.165, 1.54) is 10.5 Å². The summed E-state index contributed by atoms with van der Waals surface area (Å²) in [6, 6.07) is 9.56. The minimum absolute atomic E-state index is 0.00993. The van der Waals surface area contributed by atoms with Crippen LogP contribution in [0.25, 0.3) is 0 Å². The summed E-state index contributed by atoms with van der Waals surface area (Å²) < 4.78 is 13.6. The summed E-state index contributed by atoms with van der Waals surface area (Å²) in [5.41, 5.74) is 1.86. The average Bonchev–Trinajstić information content (AvgIpc) is 3.19. The third-order valence-electron chi connectivity index (χ3n) is 7.64. The average molecular weight is 427 g/mol. The lowest BCUT2D eigenvalue weighted by atomic mass is 9.57. The second-order valence-corrected chi connectivity index (χ2v) is 9.61. The Morgan fingerprint density at radius 3 is 2.42 bits per heavy atom. The number of alkyl halides is 1. The molecule has 0 aromatic heterocycles. The molecular formula is C24H31FN4O2. The van der Waals surface area contributed by atoms with Crippen molar-refractivity contribution in [1.29, 1.82) is 5.26 Å². The predicted octanol–water partition coefficient (Wildman–Crippen LogP) is 2.76. The maximum atomic E-state index is 13.6. The number of fused-ring (bicyclic) bond motifs is 3. The van der Waals surface area contributed by atoms with Crippen LogP contribution in [0.3, 0.4) is 0 Å². The zero-order valence-corrected chi connectivity index (χ0v) is 18.1. The quantitative estimate of drug-likeness (QED) is 0.733. The lowest BCUT2D eigenvalue weighted by molar-refractivity contribution is -0.139. The molecule has 31 heavy (non-hydrogen) atoms. The van der Waals surface area contributed by atoms with Crippen LogP contribution in [0.2, 0.25) is 0 Å². The first kappa shape index (κ1) is 21.8. The van der Waals surface area contributed by atoms with Gasteiger partial charge >= 0.3 is 0 Å². The van der Waals surface area contributed by atoms with Crippen molar-refractivity contribution >= 4 is 11.8 Å². The number of hydrogen-bond acceptors (Lipinski definition) is 4. The van der Waals surface area contributed by atoms with E-state index < -0.39 is 12.2 Å². The highest BCUT2D eigenvalue weighted by Crippen LogP contribution is 2.52. The van der Waals surface area contributed by atoms with Crippen molar-refractivity contribution in [2.45, 2.75) is 76.2 Å². The number of benzene rings is 1. The third-order valence-corrected chi connectivity index (χ3v) is 7.64. The number of likely N-dealkylation sites (tertiary alicyclic amines) is 1. The number of carbonyl (C=O) groups excluding carboxylic acids is 2. The van der Waals surface area contributed by atoms with E-state index in [4.69, 9.17) is 5.26 Å². The Morgan fingerprint density at radius 2 is 1.81 bits per heavy atom. The molecule has 5 rings (SSSR count). The number of amides is 2. The van der Waals surface area contributed by atoms with Gasteiger partial charge in [0, 0.05) is 23.9 Å². The molecule has 1 heterocycles. The Hall–Kier alpha value is -2.46. The number of carbonyl (C=O) groups is 2. The molecule has 0 radical (unpaired) electrons. The Balaban J connectivity index is 1.28. The molecule has 0 spiro atoms. The molecule has 2 atom stereocenters. The van der Waals surface area contributed by atoms with E-state index in [1.807, 2.05) is 25.1 Å². The highest BCUT2D eigenvalue weighted by Gasteiger charge is 2.52. The fraction of sp³-hybridized carbons (Fsp3) is 0.625. The van der Waals surface area contributed by atoms with Gasteiger partial charge in [-0.15, -0.1) is 0 Å². The van der Waals surface area contributed by atoms with Crippen LogP contribution >= 0.6 is 0 Å². The van der Waals surface area contributed by atoms with Crippen LogP contribution in [0, 0.1) is 23.7 Å². The lowest BCUT2D eigenvalue weighted by Crippen LogP contribution is -2.60. The summed E-state index contributed by atoms with van der Waals surface area (Å²) in [6.45, 7) is 2.72. The molecule has 3 saturated carbocycles. The summed E-state index contributed by atoms with van der Waals surface area (Å²) >= 11 is 0.